The van der Waals surface area contributed by atoms with E-state index in [0.717, 1.165) is 10.9 Å². The molecule has 94 valence electrons. The lowest BCUT2D eigenvalue weighted by Crippen LogP contribution is -2.05. The van der Waals surface area contributed by atoms with E-state index in [-0.39, 0.29) is 5.78 Å². The quantitative estimate of drug-likeness (QED) is 0.705. The van der Waals surface area contributed by atoms with Crippen molar-refractivity contribution >= 4 is 22.4 Å². The van der Waals surface area contributed by atoms with Crippen molar-refractivity contribution in [1.29, 1.82) is 0 Å². The summed E-state index contributed by atoms with van der Waals surface area (Å²) in [4.78, 5) is 16.6. The standard InChI is InChI=1S/C14H12N4O/c1-18-8-9(7-16-18)14(19)13-6-11(15)10-4-2-3-5-12(10)17-13/h2-8H,1H3,(H2,15,17). The summed E-state index contributed by atoms with van der Waals surface area (Å²) in [5.74, 6) is -0.175. The number of aromatic nitrogens is 3. The van der Waals surface area contributed by atoms with E-state index in [2.05, 4.69) is 10.1 Å². The summed E-state index contributed by atoms with van der Waals surface area (Å²) in [5, 5.41) is 4.84. The van der Waals surface area contributed by atoms with Crippen LogP contribution < -0.4 is 5.73 Å². The Bertz CT molecular complexity index is 776. The number of pyridine rings is 1. The van der Waals surface area contributed by atoms with Gasteiger partial charge in [0.1, 0.15) is 5.69 Å². The van der Waals surface area contributed by atoms with Crippen LogP contribution in [0.2, 0.25) is 0 Å². The van der Waals surface area contributed by atoms with E-state index in [1.807, 2.05) is 24.3 Å². The van der Waals surface area contributed by atoms with Gasteiger partial charge >= 0.3 is 0 Å². The second kappa shape index (κ2) is 4.20. The summed E-state index contributed by atoms with van der Waals surface area (Å²) in [5.41, 5.74) is 8.08. The van der Waals surface area contributed by atoms with Gasteiger partial charge in [-0.2, -0.15) is 5.10 Å². The first-order valence-electron chi connectivity index (χ1n) is 5.84. The molecule has 0 radical (unpaired) electrons. The van der Waals surface area contributed by atoms with Crippen molar-refractivity contribution in [3.05, 3.63) is 54.0 Å². The Labute approximate surface area is 109 Å². The molecule has 0 atom stereocenters. The van der Waals surface area contributed by atoms with Crippen LogP contribution >= 0.6 is 0 Å². The highest BCUT2D eigenvalue weighted by Crippen LogP contribution is 2.21. The summed E-state index contributed by atoms with van der Waals surface area (Å²) in [6.45, 7) is 0. The average molecular weight is 252 g/mol. The molecule has 3 rings (SSSR count). The molecular weight excluding hydrogens is 240 g/mol. The van der Waals surface area contributed by atoms with Crippen molar-refractivity contribution in [3.63, 3.8) is 0 Å². The van der Waals surface area contributed by atoms with Crippen LogP contribution in [-0.2, 0) is 7.05 Å². The van der Waals surface area contributed by atoms with Crippen LogP contribution in [0.4, 0.5) is 5.69 Å². The van der Waals surface area contributed by atoms with Crippen LogP contribution in [0.15, 0.2) is 42.7 Å². The first-order valence-corrected chi connectivity index (χ1v) is 5.84. The van der Waals surface area contributed by atoms with E-state index in [0.29, 0.717) is 16.9 Å². The lowest BCUT2D eigenvalue weighted by Gasteiger charge is -2.04. The average Bonchev–Trinajstić information content (AvgIpc) is 2.84. The Balaban J connectivity index is 2.13. The molecule has 0 aliphatic rings. The van der Waals surface area contributed by atoms with Gasteiger partial charge in [0, 0.05) is 24.3 Å². The second-order valence-electron chi connectivity index (χ2n) is 4.35. The zero-order chi connectivity index (χ0) is 13.4. The third-order valence-corrected chi connectivity index (χ3v) is 2.95. The molecule has 0 unspecified atom stereocenters. The molecule has 1 aromatic carbocycles. The third kappa shape index (κ3) is 1.95. The molecule has 0 aliphatic carbocycles. The monoisotopic (exact) mass is 252 g/mol. The highest BCUT2D eigenvalue weighted by molar-refractivity contribution is 6.09. The number of benzene rings is 1. The lowest BCUT2D eigenvalue weighted by molar-refractivity contribution is 0.103. The van der Waals surface area contributed by atoms with Crippen LogP contribution in [-0.4, -0.2) is 20.5 Å². The van der Waals surface area contributed by atoms with Crippen molar-refractivity contribution in [2.75, 3.05) is 5.73 Å². The van der Waals surface area contributed by atoms with E-state index in [9.17, 15) is 4.79 Å². The lowest BCUT2D eigenvalue weighted by atomic mass is 10.1. The third-order valence-electron chi connectivity index (χ3n) is 2.95. The molecule has 0 saturated heterocycles. The molecule has 2 aromatic heterocycles. The number of carbonyl (C=O) groups excluding carboxylic acids is 1. The number of carbonyl (C=O) groups is 1. The summed E-state index contributed by atoms with van der Waals surface area (Å²) >= 11 is 0. The molecule has 3 aromatic rings. The topological polar surface area (TPSA) is 73.8 Å². The largest absolute Gasteiger partial charge is 0.398 e. The number of nitrogen functional groups attached to an aromatic ring is 1. The van der Waals surface area contributed by atoms with Gasteiger partial charge in [0.05, 0.1) is 17.3 Å². The Kier molecular flexibility index (Phi) is 2.52. The molecule has 0 fully saturated rings. The number of anilines is 1. The normalized spacial score (nSPS) is 10.8. The number of para-hydroxylation sites is 1. The van der Waals surface area contributed by atoms with Crippen molar-refractivity contribution < 1.29 is 4.79 Å². The molecular formula is C14H12N4O. The molecule has 19 heavy (non-hydrogen) atoms. The number of ketones is 1. The van der Waals surface area contributed by atoms with Crippen LogP contribution in [0, 0.1) is 0 Å². The maximum Gasteiger partial charge on any atom is 0.214 e. The Hall–Kier alpha value is -2.69. The predicted octanol–water partition coefficient (Wildman–Crippen LogP) is 1.78. The number of aryl methyl sites for hydroxylation is 1. The maximum atomic E-state index is 12.3. The molecule has 2 N–H and O–H groups in total. The van der Waals surface area contributed by atoms with Gasteiger partial charge in [-0.25, -0.2) is 4.98 Å². The summed E-state index contributed by atoms with van der Waals surface area (Å²) < 4.78 is 1.58. The van der Waals surface area contributed by atoms with Gasteiger partial charge in [0.2, 0.25) is 5.78 Å². The number of fused-ring (bicyclic) bond motifs is 1. The molecule has 0 bridgehead atoms. The number of hydrogen-bond donors (Lipinski definition) is 1. The summed E-state index contributed by atoms with van der Waals surface area (Å²) in [6, 6.07) is 9.09. The van der Waals surface area contributed by atoms with Gasteiger partial charge < -0.3 is 5.73 Å². The number of rotatable bonds is 2. The van der Waals surface area contributed by atoms with Crippen LogP contribution in [0.3, 0.4) is 0 Å². The van der Waals surface area contributed by atoms with Gasteiger partial charge in [0.15, 0.2) is 0 Å². The van der Waals surface area contributed by atoms with Gasteiger partial charge in [-0.05, 0) is 12.1 Å². The van der Waals surface area contributed by atoms with Crippen molar-refractivity contribution in [3.8, 4) is 0 Å². The highest BCUT2D eigenvalue weighted by atomic mass is 16.1. The molecule has 0 spiro atoms. The van der Waals surface area contributed by atoms with E-state index < -0.39 is 0 Å². The fourth-order valence-electron chi connectivity index (χ4n) is 2.01. The molecule has 0 saturated carbocycles. The first-order chi connectivity index (χ1) is 9.15. The summed E-state index contributed by atoms with van der Waals surface area (Å²) in [7, 11) is 1.76. The van der Waals surface area contributed by atoms with Crippen molar-refractivity contribution in [2.24, 2.45) is 7.05 Å². The number of nitrogens with two attached hydrogens (primary N) is 1. The Morgan fingerprint density at radius 1 is 1.32 bits per heavy atom. The number of nitrogens with zero attached hydrogens (tertiary/aromatic N) is 3. The van der Waals surface area contributed by atoms with E-state index >= 15 is 0 Å². The van der Waals surface area contributed by atoms with Crippen LogP contribution in [0.1, 0.15) is 16.1 Å². The minimum Gasteiger partial charge on any atom is -0.398 e. The molecule has 0 amide bonds. The zero-order valence-corrected chi connectivity index (χ0v) is 10.4. The Morgan fingerprint density at radius 2 is 2.11 bits per heavy atom. The van der Waals surface area contributed by atoms with E-state index in [1.54, 1.807) is 24.0 Å². The smallest absolute Gasteiger partial charge is 0.214 e. The van der Waals surface area contributed by atoms with Crippen LogP contribution in [0.5, 0.6) is 0 Å². The van der Waals surface area contributed by atoms with Gasteiger partial charge in [-0.15, -0.1) is 0 Å². The summed E-state index contributed by atoms with van der Waals surface area (Å²) in [6.07, 6.45) is 3.19. The number of hydrogen-bond acceptors (Lipinski definition) is 4. The minimum atomic E-state index is -0.175. The maximum absolute atomic E-state index is 12.3. The molecule has 5 nitrogen and oxygen atoms in total. The van der Waals surface area contributed by atoms with E-state index in [1.165, 1.54) is 6.20 Å². The van der Waals surface area contributed by atoms with Crippen LogP contribution in [0.25, 0.3) is 10.9 Å². The van der Waals surface area contributed by atoms with E-state index in [4.69, 9.17) is 5.73 Å². The minimum absolute atomic E-state index is 0.175. The zero-order valence-electron chi connectivity index (χ0n) is 10.4. The Morgan fingerprint density at radius 3 is 2.84 bits per heavy atom. The SMILES string of the molecule is Cn1cc(C(=O)c2cc(N)c3ccccc3n2)cn1. The first kappa shape index (κ1) is 11.4. The fraction of sp³-hybridized carbons (Fsp3) is 0.0714. The fourth-order valence-corrected chi connectivity index (χ4v) is 2.01. The predicted molar refractivity (Wildman–Crippen MR) is 72.8 cm³/mol. The highest BCUT2D eigenvalue weighted by Gasteiger charge is 2.14. The van der Waals surface area contributed by atoms with Gasteiger partial charge in [-0.1, -0.05) is 18.2 Å². The second-order valence-corrected chi connectivity index (χ2v) is 4.35. The molecule has 0 aliphatic heterocycles. The van der Waals surface area contributed by atoms with Gasteiger partial charge in [0.25, 0.3) is 0 Å². The van der Waals surface area contributed by atoms with Crippen molar-refractivity contribution in [2.45, 2.75) is 0 Å². The van der Waals surface area contributed by atoms with Crippen molar-refractivity contribution in [1.82, 2.24) is 14.8 Å². The van der Waals surface area contributed by atoms with Gasteiger partial charge in [-0.3, -0.25) is 9.48 Å². The molecule has 2 heterocycles. The molecule has 5 heteroatoms.